The van der Waals surface area contributed by atoms with Gasteiger partial charge in [0.25, 0.3) is 6.43 Å². The van der Waals surface area contributed by atoms with E-state index >= 15 is 0 Å². The molecule has 0 heterocycles. The highest BCUT2D eigenvalue weighted by Gasteiger charge is 2.15. The molecule has 0 aliphatic rings. The Morgan fingerprint density at radius 3 is 2.53 bits per heavy atom. The maximum atomic E-state index is 12.1. The number of anilines is 1. The van der Waals surface area contributed by atoms with Crippen molar-refractivity contribution in [2.45, 2.75) is 6.43 Å². The number of aromatic hydroxyl groups is 1. The normalized spacial score (nSPS) is 10.3. The first-order valence-corrected chi connectivity index (χ1v) is 5.18. The quantitative estimate of drug-likeness (QED) is 0.781. The number of aromatic carboxylic acids is 1. The van der Waals surface area contributed by atoms with E-state index < -0.39 is 30.7 Å². The monoisotopic (exact) mass is 274 g/mol. The molecule has 0 aliphatic carbocycles. The minimum atomic E-state index is -2.65. The summed E-state index contributed by atoms with van der Waals surface area (Å²) >= 11 is 0. The van der Waals surface area contributed by atoms with Gasteiger partial charge in [0.15, 0.2) is 0 Å². The fourth-order valence-corrected chi connectivity index (χ4v) is 1.30. The molecule has 0 fully saturated rings. The lowest BCUT2D eigenvalue weighted by Crippen LogP contribution is -2.34. The Morgan fingerprint density at radius 1 is 1.42 bits per heavy atom. The average molecular weight is 274 g/mol. The molecular weight excluding hydrogens is 262 g/mol. The maximum absolute atomic E-state index is 12.1. The van der Waals surface area contributed by atoms with E-state index in [2.05, 4.69) is 5.32 Å². The molecule has 104 valence electrons. The molecule has 0 bridgehead atoms. The summed E-state index contributed by atoms with van der Waals surface area (Å²) in [6.45, 7) is -0.731. The van der Waals surface area contributed by atoms with Gasteiger partial charge in [0, 0.05) is 18.8 Å². The summed E-state index contributed by atoms with van der Waals surface area (Å²) in [4.78, 5) is 22.9. The number of carbonyl (C=O) groups is 2. The molecule has 3 N–H and O–H groups in total. The molecule has 0 saturated carbocycles. The van der Waals surface area contributed by atoms with E-state index in [1.807, 2.05) is 0 Å². The summed E-state index contributed by atoms with van der Waals surface area (Å²) in [5, 5.41) is 20.3. The van der Waals surface area contributed by atoms with Crippen molar-refractivity contribution in [3.63, 3.8) is 0 Å². The zero-order valence-corrected chi connectivity index (χ0v) is 9.93. The number of phenols is 1. The molecule has 0 aromatic heterocycles. The van der Waals surface area contributed by atoms with E-state index in [-0.39, 0.29) is 11.3 Å². The van der Waals surface area contributed by atoms with Gasteiger partial charge in [-0.05, 0) is 12.1 Å². The molecule has 0 spiro atoms. The highest BCUT2D eigenvalue weighted by Crippen LogP contribution is 2.22. The summed E-state index contributed by atoms with van der Waals surface area (Å²) in [5.74, 6) is -1.84. The van der Waals surface area contributed by atoms with Crippen LogP contribution >= 0.6 is 0 Å². The van der Waals surface area contributed by atoms with Crippen LogP contribution in [-0.4, -0.2) is 47.1 Å². The number of benzene rings is 1. The fourth-order valence-electron chi connectivity index (χ4n) is 1.30. The Balaban J connectivity index is 2.75. The zero-order chi connectivity index (χ0) is 14.6. The van der Waals surface area contributed by atoms with Crippen LogP contribution in [0.1, 0.15) is 10.4 Å². The molecule has 0 aliphatic heterocycles. The Bertz CT molecular complexity index is 494. The average Bonchev–Trinajstić information content (AvgIpc) is 2.27. The van der Waals surface area contributed by atoms with Crippen LogP contribution in [0.4, 0.5) is 19.3 Å². The maximum Gasteiger partial charge on any atom is 0.339 e. The van der Waals surface area contributed by atoms with Crippen LogP contribution < -0.4 is 5.32 Å². The van der Waals surface area contributed by atoms with E-state index in [4.69, 9.17) is 5.11 Å². The first kappa shape index (κ1) is 14.7. The molecule has 0 radical (unpaired) electrons. The van der Waals surface area contributed by atoms with Crippen LogP contribution in [0.5, 0.6) is 5.75 Å². The van der Waals surface area contributed by atoms with E-state index in [9.17, 15) is 23.5 Å². The third kappa shape index (κ3) is 4.09. The largest absolute Gasteiger partial charge is 0.507 e. The van der Waals surface area contributed by atoms with Gasteiger partial charge in [0.2, 0.25) is 0 Å². The van der Waals surface area contributed by atoms with E-state index in [1.165, 1.54) is 13.1 Å². The first-order valence-electron chi connectivity index (χ1n) is 5.18. The highest BCUT2D eigenvalue weighted by atomic mass is 19.3. The number of hydrogen-bond donors (Lipinski definition) is 3. The number of halogens is 2. The number of rotatable bonds is 4. The number of nitrogens with zero attached hydrogens (tertiary/aromatic N) is 1. The van der Waals surface area contributed by atoms with Gasteiger partial charge in [0.1, 0.15) is 11.3 Å². The highest BCUT2D eigenvalue weighted by molar-refractivity contribution is 5.93. The van der Waals surface area contributed by atoms with Gasteiger partial charge in [-0.3, -0.25) is 0 Å². The molecular formula is C11H12F2N2O4. The lowest BCUT2D eigenvalue weighted by molar-refractivity contribution is 0.0693. The second-order valence-electron chi connectivity index (χ2n) is 3.74. The summed E-state index contributed by atoms with van der Waals surface area (Å²) in [7, 11) is 1.19. The number of carboxylic acid groups (broad SMARTS) is 1. The van der Waals surface area contributed by atoms with Crippen LogP contribution in [-0.2, 0) is 0 Å². The molecule has 1 rings (SSSR count). The van der Waals surface area contributed by atoms with E-state index in [0.717, 1.165) is 17.0 Å². The third-order valence-electron chi connectivity index (χ3n) is 2.24. The smallest absolute Gasteiger partial charge is 0.339 e. The van der Waals surface area contributed by atoms with Crippen LogP contribution in [0.2, 0.25) is 0 Å². The van der Waals surface area contributed by atoms with Crippen LogP contribution in [0.15, 0.2) is 18.2 Å². The van der Waals surface area contributed by atoms with Crippen molar-refractivity contribution in [1.82, 2.24) is 4.90 Å². The SMILES string of the molecule is CN(CC(F)F)C(=O)Nc1ccc(C(=O)O)c(O)c1. The first-order chi connectivity index (χ1) is 8.81. The molecule has 19 heavy (non-hydrogen) atoms. The van der Waals surface area contributed by atoms with Gasteiger partial charge in [-0.1, -0.05) is 0 Å². The Kier molecular flexibility index (Phi) is 4.62. The van der Waals surface area contributed by atoms with Gasteiger partial charge >= 0.3 is 12.0 Å². The number of alkyl halides is 2. The molecule has 8 heteroatoms. The van der Waals surface area contributed by atoms with Gasteiger partial charge in [-0.25, -0.2) is 18.4 Å². The van der Waals surface area contributed by atoms with Gasteiger partial charge in [-0.15, -0.1) is 0 Å². The van der Waals surface area contributed by atoms with Crippen molar-refractivity contribution >= 4 is 17.7 Å². The summed E-state index contributed by atoms with van der Waals surface area (Å²) in [6.07, 6.45) is -2.65. The molecule has 2 amide bonds. The molecule has 1 aromatic carbocycles. The third-order valence-corrected chi connectivity index (χ3v) is 2.24. The molecule has 0 saturated heterocycles. The second-order valence-corrected chi connectivity index (χ2v) is 3.74. The Hall–Kier alpha value is -2.38. The van der Waals surface area contributed by atoms with Crippen molar-refractivity contribution in [1.29, 1.82) is 0 Å². The number of hydrogen-bond acceptors (Lipinski definition) is 3. The van der Waals surface area contributed by atoms with Gasteiger partial charge < -0.3 is 20.4 Å². The predicted molar refractivity (Wildman–Crippen MR) is 62.7 cm³/mol. The molecule has 0 atom stereocenters. The minimum absolute atomic E-state index is 0.105. The van der Waals surface area contributed by atoms with Gasteiger partial charge in [-0.2, -0.15) is 0 Å². The number of nitrogens with one attached hydrogen (secondary N) is 1. The summed E-state index contributed by atoms with van der Waals surface area (Å²) in [5.41, 5.74) is -0.215. The topological polar surface area (TPSA) is 89.9 Å². The van der Waals surface area contributed by atoms with Gasteiger partial charge in [0.05, 0.1) is 6.54 Å². The standard InChI is InChI=1S/C11H12F2N2O4/c1-15(5-9(12)13)11(19)14-6-2-3-7(10(17)18)8(16)4-6/h2-4,9,16H,5H2,1H3,(H,14,19)(H,17,18). The Labute approximate surface area is 107 Å². The van der Waals surface area contributed by atoms with E-state index in [0.29, 0.717) is 0 Å². The van der Waals surface area contributed by atoms with E-state index in [1.54, 1.807) is 0 Å². The molecule has 1 aromatic rings. The lowest BCUT2D eigenvalue weighted by atomic mass is 10.2. The summed E-state index contributed by atoms with van der Waals surface area (Å²) in [6, 6.07) is 2.58. The van der Waals surface area contributed by atoms with Crippen molar-refractivity contribution in [3.05, 3.63) is 23.8 Å². The minimum Gasteiger partial charge on any atom is -0.507 e. The number of urea groups is 1. The summed E-state index contributed by atoms with van der Waals surface area (Å²) < 4.78 is 24.1. The van der Waals surface area contributed by atoms with Crippen molar-refractivity contribution in [3.8, 4) is 5.75 Å². The predicted octanol–water partition coefficient (Wildman–Crippen LogP) is 1.82. The van der Waals surface area contributed by atoms with Crippen molar-refractivity contribution in [2.24, 2.45) is 0 Å². The zero-order valence-electron chi connectivity index (χ0n) is 9.93. The number of amides is 2. The van der Waals surface area contributed by atoms with Crippen LogP contribution in [0.3, 0.4) is 0 Å². The van der Waals surface area contributed by atoms with Crippen molar-refractivity contribution < 1.29 is 28.6 Å². The molecule has 0 unspecified atom stereocenters. The van der Waals surface area contributed by atoms with Crippen LogP contribution in [0.25, 0.3) is 0 Å². The number of carbonyl (C=O) groups excluding carboxylic acids is 1. The van der Waals surface area contributed by atoms with Crippen molar-refractivity contribution in [2.75, 3.05) is 18.9 Å². The number of carboxylic acids is 1. The molecule has 6 nitrogen and oxygen atoms in total. The second kappa shape index (κ2) is 5.98. The Morgan fingerprint density at radius 2 is 2.05 bits per heavy atom. The fraction of sp³-hybridized carbons (Fsp3) is 0.273. The van der Waals surface area contributed by atoms with Crippen LogP contribution in [0, 0.1) is 0 Å². The lowest BCUT2D eigenvalue weighted by Gasteiger charge is -2.17.